The topological polar surface area (TPSA) is 78.4 Å². The first kappa shape index (κ1) is 16.6. The Morgan fingerprint density at radius 3 is 2.50 bits per heavy atom. The van der Waals surface area contributed by atoms with E-state index in [-0.39, 0.29) is 10.9 Å². The molecule has 0 radical (unpaired) electrons. The van der Waals surface area contributed by atoms with Crippen molar-refractivity contribution in [3.8, 4) is 0 Å². The van der Waals surface area contributed by atoms with Gasteiger partial charge < -0.3 is 15.7 Å². The van der Waals surface area contributed by atoms with E-state index in [2.05, 4.69) is 10.6 Å². The summed E-state index contributed by atoms with van der Waals surface area (Å²) < 4.78 is 0. The Morgan fingerprint density at radius 1 is 1.35 bits per heavy atom. The molecule has 0 fully saturated rings. The fourth-order valence-corrected chi connectivity index (χ4v) is 2.03. The third kappa shape index (κ3) is 4.58. The lowest BCUT2D eigenvalue weighted by Gasteiger charge is -2.20. The smallest absolute Gasteiger partial charge is 0.326 e. The van der Waals surface area contributed by atoms with Crippen LogP contribution >= 0.6 is 23.2 Å². The van der Waals surface area contributed by atoms with Gasteiger partial charge in [-0.2, -0.15) is 0 Å². The number of nitrogens with one attached hydrogen (secondary N) is 2. The number of carbonyl (C=O) groups is 2. The minimum absolute atomic E-state index is 0.182. The predicted octanol–water partition coefficient (Wildman–Crippen LogP) is 3.61. The van der Waals surface area contributed by atoms with Crippen molar-refractivity contribution in [1.29, 1.82) is 0 Å². The van der Waals surface area contributed by atoms with Gasteiger partial charge in [0.2, 0.25) is 0 Å². The van der Waals surface area contributed by atoms with Crippen LogP contribution in [0, 0.1) is 5.92 Å². The molecule has 0 saturated carbocycles. The lowest BCUT2D eigenvalue weighted by molar-refractivity contribution is -0.140. The minimum atomic E-state index is -1.07. The standard InChI is InChI=1S/C13H16Cl2N2O3/c1-3-7(2)11(12(18)19)17-13(20)16-10-5-4-8(14)6-9(10)15/h4-7,11H,3H2,1-2H3,(H,18,19)(H2,16,17,20)/t7?,11-/m0/s1. The molecule has 5 nitrogen and oxygen atoms in total. The first-order valence-electron chi connectivity index (χ1n) is 6.10. The third-order valence-electron chi connectivity index (χ3n) is 2.94. The molecule has 1 aromatic carbocycles. The molecule has 1 rings (SSSR count). The number of hydrogen-bond donors (Lipinski definition) is 3. The molecule has 1 aromatic rings. The first-order valence-corrected chi connectivity index (χ1v) is 6.86. The highest BCUT2D eigenvalue weighted by Crippen LogP contribution is 2.25. The van der Waals surface area contributed by atoms with Gasteiger partial charge in [0.1, 0.15) is 6.04 Å². The third-order valence-corrected chi connectivity index (χ3v) is 3.49. The molecule has 2 amide bonds. The number of rotatable bonds is 5. The molecule has 0 heterocycles. The molecular weight excluding hydrogens is 303 g/mol. The van der Waals surface area contributed by atoms with Gasteiger partial charge in [-0.3, -0.25) is 0 Å². The number of carbonyl (C=O) groups excluding carboxylic acids is 1. The lowest BCUT2D eigenvalue weighted by Crippen LogP contribution is -2.46. The van der Waals surface area contributed by atoms with Crippen molar-refractivity contribution >= 4 is 40.9 Å². The number of aliphatic carboxylic acids is 1. The summed E-state index contributed by atoms with van der Waals surface area (Å²) in [6.45, 7) is 3.62. The second-order valence-corrected chi connectivity index (χ2v) is 5.27. The highest BCUT2D eigenvalue weighted by molar-refractivity contribution is 6.36. The Labute approximate surface area is 127 Å². The summed E-state index contributed by atoms with van der Waals surface area (Å²) in [5, 5.41) is 14.7. The Kier molecular flexibility index (Phi) is 6.10. The first-order chi connectivity index (χ1) is 9.35. The van der Waals surface area contributed by atoms with Crippen molar-refractivity contribution in [2.24, 2.45) is 5.92 Å². The molecule has 0 bridgehead atoms. The zero-order valence-corrected chi connectivity index (χ0v) is 12.6. The van der Waals surface area contributed by atoms with Gasteiger partial charge in [-0.25, -0.2) is 9.59 Å². The van der Waals surface area contributed by atoms with Crippen LogP contribution in [-0.4, -0.2) is 23.1 Å². The molecule has 110 valence electrons. The molecule has 0 saturated heterocycles. The van der Waals surface area contributed by atoms with E-state index in [0.29, 0.717) is 17.1 Å². The molecule has 0 spiro atoms. The van der Waals surface area contributed by atoms with Gasteiger partial charge in [0.25, 0.3) is 0 Å². The Morgan fingerprint density at radius 2 is 2.00 bits per heavy atom. The average molecular weight is 319 g/mol. The Balaban J connectivity index is 2.73. The molecule has 0 aliphatic rings. The SMILES string of the molecule is CCC(C)[C@H](NC(=O)Nc1ccc(Cl)cc1Cl)C(=O)O. The van der Waals surface area contributed by atoms with Crippen molar-refractivity contribution in [1.82, 2.24) is 5.32 Å². The molecular formula is C13H16Cl2N2O3. The van der Waals surface area contributed by atoms with Gasteiger partial charge in [-0.15, -0.1) is 0 Å². The number of anilines is 1. The van der Waals surface area contributed by atoms with Crippen LogP contribution in [-0.2, 0) is 4.79 Å². The number of amides is 2. The van der Waals surface area contributed by atoms with E-state index in [9.17, 15) is 9.59 Å². The molecule has 0 aromatic heterocycles. The highest BCUT2D eigenvalue weighted by atomic mass is 35.5. The molecule has 20 heavy (non-hydrogen) atoms. The van der Waals surface area contributed by atoms with Crippen LogP contribution in [0.15, 0.2) is 18.2 Å². The van der Waals surface area contributed by atoms with Crippen LogP contribution in [0.2, 0.25) is 10.0 Å². The largest absolute Gasteiger partial charge is 0.480 e. The van der Waals surface area contributed by atoms with Crippen molar-refractivity contribution < 1.29 is 14.7 Å². The average Bonchev–Trinajstić information content (AvgIpc) is 2.38. The maximum Gasteiger partial charge on any atom is 0.326 e. The van der Waals surface area contributed by atoms with Gasteiger partial charge in [-0.1, -0.05) is 43.5 Å². The van der Waals surface area contributed by atoms with Gasteiger partial charge >= 0.3 is 12.0 Å². The summed E-state index contributed by atoms with van der Waals surface area (Å²) in [5.41, 5.74) is 0.363. The second kappa shape index (κ2) is 7.36. The van der Waals surface area contributed by atoms with Crippen molar-refractivity contribution in [3.05, 3.63) is 28.2 Å². The zero-order chi connectivity index (χ0) is 15.3. The summed E-state index contributed by atoms with van der Waals surface area (Å²) in [6.07, 6.45) is 0.638. The zero-order valence-electron chi connectivity index (χ0n) is 11.1. The maximum absolute atomic E-state index is 11.8. The van der Waals surface area contributed by atoms with Crippen LogP contribution in [0.3, 0.4) is 0 Å². The van der Waals surface area contributed by atoms with Crippen LogP contribution in [0.4, 0.5) is 10.5 Å². The molecule has 3 N–H and O–H groups in total. The van der Waals surface area contributed by atoms with Crippen molar-refractivity contribution in [2.45, 2.75) is 26.3 Å². The molecule has 1 unspecified atom stereocenters. The van der Waals surface area contributed by atoms with Crippen molar-refractivity contribution in [3.63, 3.8) is 0 Å². The van der Waals surface area contributed by atoms with Crippen LogP contribution in [0.25, 0.3) is 0 Å². The quantitative estimate of drug-likeness (QED) is 0.775. The summed E-state index contributed by atoms with van der Waals surface area (Å²) in [5.74, 6) is -1.25. The van der Waals surface area contributed by atoms with E-state index in [1.54, 1.807) is 19.1 Å². The summed E-state index contributed by atoms with van der Waals surface area (Å²) in [6, 6.07) is 3.03. The number of benzene rings is 1. The van der Waals surface area contributed by atoms with Gasteiger partial charge in [-0.05, 0) is 24.1 Å². The summed E-state index contributed by atoms with van der Waals surface area (Å²) in [7, 11) is 0. The highest BCUT2D eigenvalue weighted by Gasteiger charge is 2.25. The predicted molar refractivity (Wildman–Crippen MR) is 79.5 cm³/mol. The second-order valence-electron chi connectivity index (χ2n) is 4.42. The maximum atomic E-state index is 11.8. The number of carboxylic acids is 1. The minimum Gasteiger partial charge on any atom is -0.480 e. The van der Waals surface area contributed by atoms with E-state index in [1.807, 2.05) is 6.92 Å². The van der Waals surface area contributed by atoms with E-state index in [0.717, 1.165) is 0 Å². The molecule has 0 aliphatic carbocycles. The Bertz CT molecular complexity index is 508. The number of hydrogen-bond acceptors (Lipinski definition) is 2. The Hall–Kier alpha value is -1.46. The van der Waals surface area contributed by atoms with E-state index < -0.39 is 18.0 Å². The molecule has 2 atom stereocenters. The fraction of sp³-hybridized carbons (Fsp3) is 0.385. The summed E-state index contributed by atoms with van der Waals surface area (Å²) in [4.78, 5) is 22.9. The van der Waals surface area contributed by atoms with Crippen LogP contribution < -0.4 is 10.6 Å². The van der Waals surface area contributed by atoms with Crippen LogP contribution in [0.1, 0.15) is 20.3 Å². The lowest BCUT2D eigenvalue weighted by atomic mass is 9.99. The number of halogens is 2. The van der Waals surface area contributed by atoms with Gasteiger partial charge in [0.05, 0.1) is 10.7 Å². The van der Waals surface area contributed by atoms with Crippen LogP contribution in [0.5, 0.6) is 0 Å². The normalized spacial score (nSPS) is 13.4. The molecule has 7 heteroatoms. The van der Waals surface area contributed by atoms with Gasteiger partial charge in [0, 0.05) is 5.02 Å². The van der Waals surface area contributed by atoms with Gasteiger partial charge in [0.15, 0.2) is 0 Å². The summed E-state index contributed by atoms with van der Waals surface area (Å²) >= 11 is 11.7. The number of carboxylic acid groups (broad SMARTS) is 1. The van der Waals surface area contributed by atoms with E-state index in [1.165, 1.54) is 6.07 Å². The van der Waals surface area contributed by atoms with Crippen molar-refractivity contribution in [2.75, 3.05) is 5.32 Å². The fourth-order valence-electron chi connectivity index (χ4n) is 1.57. The monoisotopic (exact) mass is 318 g/mol. The molecule has 0 aliphatic heterocycles. The number of urea groups is 1. The van der Waals surface area contributed by atoms with E-state index in [4.69, 9.17) is 28.3 Å². The van der Waals surface area contributed by atoms with E-state index >= 15 is 0 Å².